The van der Waals surface area contributed by atoms with Crippen molar-refractivity contribution in [1.29, 1.82) is 0 Å². The van der Waals surface area contributed by atoms with Gasteiger partial charge in [-0.3, -0.25) is 37.9 Å². The SMILES string of the molecule is CS(C)=O.CS(C)=O.O=C(Nc1ccncc1)c1ccnc(-c2cc(C(=O)Nc3ccncc3)ccn2)c1. The lowest BCUT2D eigenvalue weighted by atomic mass is 10.1. The molecule has 2 amide bonds. The van der Waals surface area contributed by atoms with Crippen molar-refractivity contribution in [2.45, 2.75) is 0 Å². The summed E-state index contributed by atoms with van der Waals surface area (Å²) in [5.74, 6) is -0.562. The van der Waals surface area contributed by atoms with Crippen LogP contribution in [0.5, 0.6) is 0 Å². The number of nitrogens with zero attached hydrogens (tertiary/aromatic N) is 4. The number of aromatic nitrogens is 4. The van der Waals surface area contributed by atoms with Gasteiger partial charge in [0.15, 0.2) is 0 Å². The van der Waals surface area contributed by atoms with E-state index in [1.165, 1.54) is 12.4 Å². The maximum absolute atomic E-state index is 12.5. The second-order valence-electron chi connectivity index (χ2n) is 7.72. The summed E-state index contributed by atoms with van der Waals surface area (Å²) in [4.78, 5) is 41.5. The Morgan fingerprint density at radius 3 is 1.21 bits per heavy atom. The van der Waals surface area contributed by atoms with E-state index in [9.17, 15) is 18.0 Å². The minimum absolute atomic E-state index is 0.281. The molecule has 0 spiro atoms. The molecule has 0 aliphatic carbocycles. The lowest BCUT2D eigenvalue weighted by Crippen LogP contribution is -2.13. The number of carbonyl (C=O) groups is 2. The molecular formula is C26H28N6O4S2. The molecule has 4 aromatic rings. The number of anilines is 2. The van der Waals surface area contributed by atoms with E-state index in [0.717, 1.165) is 0 Å². The van der Waals surface area contributed by atoms with E-state index in [1.54, 1.807) is 98.3 Å². The molecular weight excluding hydrogens is 524 g/mol. The first-order valence-corrected chi connectivity index (χ1v) is 14.9. The highest BCUT2D eigenvalue weighted by Crippen LogP contribution is 2.18. The van der Waals surface area contributed by atoms with Gasteiger partial charge in [0.25, 0.3) is 11.8 Å². The predicted molar refractivity (Wildman–Crippen MR) is 152 cm³/mol. The molecule has 10 nitrogen and oxygen atoms in total. The third-order valence-electron chi connectivity index (χ3n) is 4.18. The van der Waals surface area contributed by atoms with Gasteiger partial charge in [-0.25, -0.2) is 0 Å². The first-order chi connectivity index (χ1) is 18.2. The standard InChI is InChI=1S/C22H16N6O2.2C2H6OS/c29-21(27-17-3-7-23-8-4-17)15-1-11-25-19(13-15)20-14-16(2-12-26-20)22(30)28-18-5-9-24-10-6-18;2*1-4(2)3/h1-14H,(H,23,27,29)(H,24,28,30);2*1-2H3. The number of hydrogen-bond donors (Lipinski definition) is 2. The van der Waals surface area contributed by atoms with Gasteiger partial charge in [0.2, 0.25) is 0 Å². The van der Waals surface area contributed by atoms with Crippen LogP contribution in [0.3, 0.4) is 0 Å². The summed E-state index contributed by atoms with van der Waals surface area (Å²) >= 11 is 0. The molecule has 4 heterocycles. The molecule has 0 aliphatic heterocycles. The van der Waals surface area contributed by atoms with E-state index in [2.05, 4.69) is 30.6 Å². The van der Waals surface area contributed by atoms with E-state index in [1.807, 2.05) is 0 Å². The molecule has 198 valence electrons. The summed E-state index contributed by atoms with van der Waals surface area (Å²) in [6.07, 6.45) is 16.0. The normalized spacial score (nSPS) is 9.95. The Labute approximate surface area is 226 Å². The number of pyridine rings is 4. The van der Waals surface area contributed by atoms with Gasteiger partial charge in [0.1, 0.15) is 0 Å². The van der Waals surface area contributed by atoms with Crippen LogP contribution in [0.25, 0.3) is 11.4 Å². The molecule has 0 fully saturated rings. The molecule has 2 N–H and O–H groups in total. The average molecular weight is 553 g/mol. The van der Waals surface area contributed by atoms with E-state index >= 15 is 0 Å². The zero-order chi connectivity index (χ0) is 27.9. The highest BCUT2D eigenvalue weighted by molar-refractivity contribution is 7.83. The third-order valence-corrected chi connectivity index (χ3v) is 4.18. The Morgan fingerprint density at radius 2 is 0.895 bits per heavy atom. The maximum Gasteiger partial charge on any atom is 0.255 e. The quantitative estimate of drug-likeness (QED) is 0.383. The van der Waals surface area contributed by atoms with Crippen LogP contribution in [0.15, 0.2) is 85.7 Å². The van der Waals surface area contributed by atoms with E-state index < -0.39 is 21.6 Å². The highest BCUT2D eigenvalue weighted by atomic mass is 32.2. The molecule has 38 heavy (non-hydrogen) atoms. The Morgan fingerprint density at radius 1 is 0.579 bits per heavy atom. The maximum atomic E-state index is 12.5. The summed E-state index contributed by atoms with van der Waals surface area (Å²) in [6.45, 7) is 0. The van der Waals surface area contributed by atoms with Gasteiger partial charge in [-0.2, -0.15) is 0 Å². The molecule has 0 atom stereocenters. The molecule has 12 heteroatoms. The van der Waals surface area contributed by atoms with Gasteiger partial charge in [0, 0.05) is 106 Å². The van der Waals surface area contributed by atoms with Gasteiger partial charge >= 0.3 is 0 Å². The van der Waals surface area contributed by atoms with Crippen molar-refractivity contribution in [3.63, 3.8) is 0 Å². The molecule has 4 aromatic heterocycles. The number of carbonyl (C=O) groups excluding carboxylic acids is 2. The van der Waals surface area contributed by atoms with Crippen LogP contribution >= 0.6 is 0 Å². The Hall–Kier alpha value is -4.16. The predicted octanol–water partition coefficient (Wildman–Crippen LogP) is 3.43. The second kappa shape index (κ2) is 15.8. The summed E-state index contributed by atoms with van der Waals surface area (Å²) in [7, 11) is -1.22. The van der Waals surface area contributed by atoms with Crippen molar-refractivity contribution in [3.8, 4) is 11.4 Å². The van der Waals surface area contributed by atoms with E-state index in [0.29, 0.717) is 33.9 Å². The molecule has 0 saturated carbocycles. The lowest BCUT2D eigenvalue weighted by molar-refractivity contribution is 0.101. The summed E-state index contributed by atoms with van der Waals surface area (Å²) in [6, 6.07) is 13.3. The fraction of sp³-hybridized carbons (Fsp3) is 0.154. The summed E-state index contributed by atoms with van der Waals surface area (Å²) in [5, 5.41) is 5.59. The van der Waals surface area contributed by atoms with Gasteiger partial charge in [-0.05, 0) is 48.5 Å². The van der Waals surface area contributed by atoms with E-state index in [-0.39, 0.29) is 11.8 Å². The van der Waals surface area contributed by atoms with Crippen LogP contribution in [0, 0.1) is 0 Å². The highest BCUT2D eigenvalue weighted by Gasteiger charge is 2.12. The van der Waals surface area contributed by atoms with Gasteiger partial charge in [-0.1, -0.05) is 0 Å². The zero-order valence-electron chi connectivity index (χ0n) is 21.3. The lowest BCUT2D eigenvalue weighted by Gasteiger charge is -2.08. The first-order valence-electron chi connectivity index (χ1n) is 11.0. The van der Waals surface area contributed by atoms with Crippen molar-refractivity contribution in [2.75, 3.05) is 35.7 Å². The molecule has 0 unspecified atom stereocenters. The van der Waals surface area contributed by atoms with Gasteiger partial charge in [-0.15, -0.1) is 0 Å². The second-order valence-corrected chi connectivity index (χ2v) is 10.7. The Bertz CT molecular complexity index is 1270. The summed E-state index contributed by atoms with van der Waals surface area (Å²) in [5.41, 5.74) is 3.09. The molecule has 0 saturated heterocycles. The number of hydrogen-bond acceptors (Lipinski definition) is 8. The van der Waals surface area contributed by atoms with E-state index in [4.69, 9.17) is 0 Å². The smallest absolute Gasteiger partial charge is 0.255 e. The van der Waals surface area contributed by atoms with Crippen LogP contribution in [-0.4, -0.2) is 65.2 Å². The van der Waals surface area contributed by atoms with Gasteiger partial charge < -0.3 is 10.6 Å². The topological polar surface area (TPSA) is 144 Å². The fourth-order valence-corrected chi connectivity index (χ4v) is 2.70. The fourth-order valence-electron chi connectivity index (χ4n) is 2.70. The van der Waals surface area contributed by atoms with Gasteiger partial charge in [0.05, 0.1) is 11.4 Å². The average Bonchev–Trinajstić information content (AvgIpc) is 2.89. The Kier molecular flexibility index (Phi) is 12.5. The third kappa shape index (κ3) is 11.3. The van der Waals surface area contributed by atoms with Crippen molar-refractivity contribution in [3.05, 3.63) is 96.8 Å². The molecule has 0 radical (unpaired) electrons. The van der Waals surface area contributed by atoms with Crippen LogP contribution in [0.2, 0.25) is 0 Å². The first kappa shape index (κ1) is 30.1. The minimum Gasteiger partial charge on any atom is -0.322 e. The largest absolute Gasteiger partial charge is 0.322 e. The minimum atomic E-state index is -0.611. The van der Waals surface area contributed by atoms with Crippen LogP contribution in [0.1, 0.15) is 20.7 Å². The monoisotopic (exact) mass is 552 g/mol. The van der Waals surface area contributed by atoms with Crippen molar-refractivity contribution in [1.82, 2.24) is 19.9 Å². The number of amides is 2. The zero-order valence-corrected chi connectivity index (χ0v) is 23.0. The van der Waals surface area contributed by atoms with Crippen LogP contribution in [-0.2, 0) is 21.6 Å². The molecule has 4 rings (SSSR count). The molecule has 0 bridgehead atoms. The molecule has 0 aliphatic rings. The van der Waals surface area contributed by atoms with Crippen molar-refractivity contribution < 1.29 is 18.0 Å². The summed E-state index contributed by atoms with van der Waals surface area (Å²) < 4.78 is 19.1. The molecule has 0 aromatic carbocycles. The Balaban J connectivity index is 0.000000559. The van der Waals surface area contributed by atoms with Crippen molar-refractivity contribution >= 4 is 44.8 Å². The van der Waals surface area contributed by atoms with Crippen molar-refractivity contribution in [2.24, 2.45) is 0 Å². The van der Waals surface area contributed by atoms with Crippen LogP contribution in [0.4, 0.5) is 11.4 Å². The van der Waals surface area contributed by atoms with Crippen LogP contribution < -0.4 is 10.6 Å². The number of nitrogens with one attached hydrogen (secondary N) is 2. The number of rotatable bonds is 5.